The normalized spacial score (nSPS) is 17.3. The second-order valence-electron chi connectivity index (χ2n) is 10.3. The maximum absolute atomic E-state index is 13.7. The maximum Gasteiger partial charge on any atom is 0.335 e. The van der Waals surface area contributed by atoms with Crippen molar-refractivity contribution < 1.29 is 19.4 Å². The van der Waals surface area contributed by atoms with Gasteiger partial charge in [-0.2, -0.15) is 5.10 Å². The summed E-state index contributed by atoms with van der Waals surface area (Å²) in [4.78, 5) is 43.1. The first-order valence-corrected chi connectivity index (χ1v) is 13.2. The number of hydrogen-bond acceptors (Lipinski definition) is 5. The predicted octanol–water partition coefficient (Wildman–Crippen LogP) is 4.26. The number of nitrogens with zero attached hydrogens (tertiary/aromatic N) is 3. The number of carboxylic acids is 1. The van der Waals surface area contributed by atoms with E-state index < -0.39 is 5.97 Å². The molecule has 196 valence electrons. The molecule has 4 aromatic rings. The molecule has 4 heterocycles. The van der Waals surface area contributed by atoms with Crippen LogP contribution in [0.2, 0.25) is 0 Å². The van der Waals surface area contributed by atoms with Crippen LogP contribution in [0.3, 0.4) is 0 Å². The van der Waals surface area contributed by atoms with E-state index in [1.54, 1.807) is 18.3 Å². The third-order valence-corrected chi connectivity index (χ3v) is 8.09. The zero-order valence-electron chi connectivity index (χ0n) is 21.3. The van der Waals surface area contributed by atoms with Crippen LogP contribution < -0.4 is 5.56 Å². The van der Waals surface area contributed by atoms with Gasteiger partial charge in [-0.05, 0) is 67.9 Å². The molecule has 0 radical (unpaired) electrons. The molecule has 0 saturated carbocycles. The number of hydrogen-bond donors (Lipinski definition) is 2. The third kappa shape index (κ3) is 4.16. The lowest BCUT2D eigenvalue weighted by atomic mass is 9.86. The molecule has 0 unspecified atom stereocenters. The van der Waals surface area contributed by atoms with Crippen LogP contribution in [-0.2, 0) is 4.74 Å². The number of nitrogens with one attached hydrogen (secondary N) is 1. The SMILES string of the molecule is Cc1cc2[nH]c(=O)c3cnn(C4CCOCC4)c3c2cc1C(=O)N1CCC(c2ccccc2C(=O)O)CC1. The highest BCUT2D eigenvalue weighted by Crippen LogP contribution is 2.33. The van der Waals surface area contributed by atoms with Crippen LogP contribution in [0.5, 0.6) is 0 Å². The van der Waals surface area contributed by atoms with Crippen LogP contribution in [0, 0.1) is 6.92 Å². The van der Waals surface area contributed by atoms with Crippen LogP contribution >= 0.6 is 0 Å². The van der Waals surface area contributed by atoms with Gasteiger partial charge >= 0.3 is 5.97 Å². The van der Waals surface area contributed by atoms with Gasteiger partial charge < -0.3 is 19.7 Å². The Kier molecular flexibility index (Phi) is 6.23. The van der Waals surface area contributed by atoms with Gasteiger partial charge in [-0.1, -0.05) is 18.2 Å². The van der Waals surface area contributed by atoms with Crippen molar-refractivity contribution in [3.8, 4) is 0 Å². The average molecular weight is 515 g/mol. The summed E-state index contributed by atoms with van der Waals surface area (Å²) in [5.41, 5.74) is 3.84. The van der Waals surface area contributed by atoms with E-state index in [9.17, 15) is 19.5 Å². The topological polar surface area (TPSA) is 118 Å². The first-order valence-electron chi connectivity index (χ1n) is 13.2. The summed E-state index contributed by atoms with van der Waals surface area (Å²) in [6, 6.07) is 11.0. The first-order chi connectivity index (χ1) is 18.4. The molecule has 0 atom stereocenters. The molecule has 1 amide bonds. The van der Waals surface area contributed by atoms with E-state index in [-0.39, 0.29) is 23.4 Å². The molecule has 2 fully saturated rings. The molecule has 9 heteroatoms. The molecule has 0 aliphatic carbocycles. The Morgan fingerprint density at radius 3 is 2.50 bits per heavy atom. The molecule has 0 spiro atoms. The van der Waals surface area contributed by atoms with E-state index >= 15 is 0 Å². The highest BCUT2D eigenvalue weighted by molar-refractivity contribution is 6.07. The largest absolute Gasteiger partial charge is 0.478 e. The van der Waals surface area contributed by atoms with Gasteiger partial charge in [0.25, 0.3) is 11.5 Å². The fourth-order valence-corrected chi connectivity index (χ4v) is 6.04. The second kappa shape index (κ2) is 9.72. The van der Waals surface area contributed by atoms with Crippen molar-refractivity contribution in [1.29, 1.82) is 0 Å². The van der Waals surface area contributed by atoms with Crippen LogP contribution in [-0.4, -0.2) is 63.0 Å². The van der Waals surface area contributed by atoms with Crippen molar-refractivity contribution in [2.45, 2.75) is 44.6 Å². The van der Waals surface area contributed by atoms with Gasteiger partial charge in [-0.15, -0.1) is 0 Å². The van der Waals surface area contributed by atoms with Gasteiger partial charge in [-0.3, -0.25) is 14.3 Å². The number of pyridine rings is 1. The van der Waals surface area contributed by atoms with Gasteiger partial charge in [0.05, 0.1) is 34.2 Å². The fraction of sp³-hybridized carbons (Fsp3) is 0.379. The van der Waals surface area contributed by atoms with Crippen molar-refractivity contribution in [1.82, 2.24) is 19.7 Å². The van der Waals surface area contributed by atoms with E-state index in [4.69, 9.17) is 4.74 Å². The minimum atomic E-state index is -0.921. The zero-order valence-corrected chi connectivity index (χ0v) is 21.3. The number of piperidine rings is 1. The zero-order chi connectivity index (χ0) is 26.4. The minimum absolute atomic E-state index is 0.0501. The summed E-state index contributed by atoms with van der Waals surface area (Å²) in [6.45, 7) is 4.30. The number of carbonyl (C=O) groups excluding carboxylic acids is 1. The van der Waals surface area contributed by atoms with Crippen molar-refractivity contribution in [2.75, 3.05) is 26.3 Å². The van der Waals surface area contributed by atoms with Crippen LogP contribution in [0.4, 0.5) is 0 Å². The van der Waals surface area contributed by atoms with Crippen molar-refractivity contribution in [2.24, 2.45) is 0 Å². The molecule has 2 aromatic heterocycles. The Labute approximate surface area is 219 Å². The number of aromatic carboxylic acids is 1. The van der Waals surface area contributed by atoms with Crippen LogP contribution in [0.1, 0.15) is 69.5 Å². The smallest absolute Gasteiger partial charge is 0.335 e. The van der Waals surface area contributed by atoms with Gasteiger partial charge in [-0.25, -0.2) is 4.79 Å². The average Bonchev–Trinajstić information content (AvgIpc) is 3.39. The number of aromatic amines is 1. The summed E-state index contributed by atoms with van der Waals surface area (Å²) in [5, 5.41) is 15.5. The van der Waals surface area contributed by atoms with Gasteiger partial charge in [0.2, 0.25) is 0 Å². The first kappa shape index (κ1) is 24.4. The molecule has 9 nitrogen and oxygen atoms in total. The molecular weight excluding hydrogens is 484 g/mol. The number of rotatable bonds is 4. The second-order valence-corrected chi connectivity index (χ2v) is 10.3. The number of aryl methyl sites for hydroxylation is 1. The number of likely N-dealkylation sites (tertiary alicyclic amines) is 1. The predicted molar refractivity (Wildman–Crippen MR) is 143 cm³/mol. The monoisotopic (exact) mass is 514 g/mol. The minimum Gasteiger partial charge on any atom is -0.478 e. The molecule has 6 rings (SSSR count). The lowest BCUT2D eigenvalue weighted by molar-refractivity contribution is 0.0674. The Bertz CT molecular complexity index is 1610. The Morgan fingerprint density at radius 2 is 1.76 bits per heavy atom. The molecule has 2 aliphatic rings. The summed E-state index contributed by atoms with van der Waals surface area (Å²) < 4.78 is 7.46. The molecule has 0 bridgehead atoms. The van der Waals surface area contributed by atoms with Gasteiger partial charge in [0.1, 0.15) is 0 Å². The summed E-state index contributed by atoms with van der Waals surface area (Å²) in [5.74, 6) is -0.872. The van der Waals surface area contributed by atoms with Crippen molar-refractivity contribution in [3.63, 3.8) is 0 Å². The Morgan fingerprint density at radius 1 is 1.03 bits per heavy atom. The number of H-pyrrole nitrogens is 1. The molecule has 2 N–H and O–H groups in total. The van der Waals surface area contributed by atoms with Crippen molar-refractivity contribution >= 4 is 33.7 Å². The summed E-state index contributed by atoms with van der Waals surface area (Å²) in [6.07, 6.45) is 4.67. The highest BCUT2D eigenvalue weighted by Gasteiger charge is 2.28. The number of fused-ring (bicyclic) bond motifs is 3. The molecule has 38 heavy (non-hydrogen) atoms. The van der Waals surface area contributed by atoms with E-state index in [0.29, 0.717) is 61.2 Å². The van der Waals surface area contributed by atoms with E-state index in [2.05, 4.69) is 10.1 Å². The molecule has 2 aliphatic heterocycles. The van der Waals surface area contributed by atoms with Crippen LogP contribution in [0.25, 0.3) is 21.8 Å². The highest BCUT2D eigenvalue weighted by atomic mass is 16.5. The number of amides is 1. The standard InChI is InChI=1S/C29H30N4O5/c1-17-14-25-23(26-24(27(34)31-25)16-30-33(26)19-8-12-38-13-9-19)15-22(17)28(35)32-10-6-18(7-11-32)20-4-2-3-5-21(20)29(36)37/h2-5,14-16,18-19H,6-13H2,1H3,(H,31,34)(H,36,37). The van der Waals surface area contributed by atoms with E-state index in [1.807, 2.05) is 40.8 Å². The number of carbonyl (C=O) groups is 2. The van der Waals surface area contributed by atoms with Crippen LogP contribution in [0.15, 0.2) is 47.4 Å². The fourth-order valence-electron chi connectivity index (χ4n) is 6.04. The van der Waals surface area contributed by atoms with E-state index in [1.165, 1.54) is 0 Å². The summed E-state index contributed by atoms with van der Waals surface area (Å²) in [7, 11) is 0. The molecular formula is C29H30N4O5. The lowest BCUT2D eigenvalue weighted by Gasteiger charge is -2.33. The number of ether oxygens (including phenoxy) is 1. The van der Waals surface area contributed by atoms with E-state index in [0.717, 1.165) is 34.9 Å². The van der Waals surface area contributed by atoms with Gasteiger partial charge in [0.15, 0.2) is 0 Å². The lowest BCUT2D eigenvalue weighted by Crippen LogP contribution is -2.38. The van der Waals surface area contributed by atoms with Gasteiger partial charge in [0, 0.05) is 37.3 Å². The molecule has 2 aromatic carbocycles. The third-order valence-electron chi connectivity index (χ3n) is 8.09. The quantitative estimate of drug-likeness (QED) is 0.420. The number of aromatic nitrogens is 3. The Balaban J connectivity index is 1.32. The maximum atomic E-state index is 13.7. The molecule has 2 saturated heterocycles. The number of benzene rings is 2. The Hall–Kier alpha value is -3.98. The summed E-state index contributed by atoms with van der Waals surface area (Å²) >= 11 is 0. The number of carboxylic acid groups (broad SMARTS) is 1. The van der Waals surface area contributed by atoms with Crippen molar-refractivity contribution in [3.05, 3.63) is 75.2 Å².